The van der Waals surface area contributed by atoms with Gasteiger partial charge >= 0.3 is 0 Å². The van der Waals surface area contributed by atoms with Crippen molar-refractivity contribution in [3.8, 4) is 5.75 Å². The maximum absolute atomic E-state index is 12.0. The summed E-state index contributed by atoms with van der Waals surface area (Å²) in [4.78, 5) is -0.232. The van der Waals surface area contributed by atoms with Gasteiger partial charge in [0.1, 0.15) is 4.90 Å². The van der Waals surface area contributed by atoms with Gasteiger partial charge in [-0.05, 0) is 36.0 Å². The highest BCUT2D eigenvalue weighted by Gasteiger charge is 2.27. The molecule has 0 aromatic heterocycles. The fraction of sp³-hybridized carbons (Fsp3) is 0.727. The van der Waals surface area contributed by atoms with Gasteiger partial charge in [-0.2, -0.15) is 8.42 Å². The summed E-state index contributed by atoms with van der Waals surface area (Å²) in [5.41, 5.74) is 0.559. The topological polar surface area (TPSA) is 63.6 Å². The second-order valence-corrected chi connectivity index (χ2v) is 10.0. The van der Waals surface area contributed by atoms with E-state index < -0.39 is 10.1 Å². The average molecular weight is 433 g/mol. The molecule has 6 heteroatoms. The second kappa shape index (κ2) is 12.0. The van der Waals surface area contributed by atoms with Crippen molar-refractivity contribution >= 4 is 21.7 Å². The third-order valence-electron chi connectivity index (χ3n) is 5.22. The number of benzene rings is 1. The molecule has 0 unspecified atom stereocenters. The van der Waals surface area contributed by atoms with Crippen LogP contribution in [0.15, 0.2) is 17.0 Å². The van der Waals surface area contributed by atoms with Crippen LogP contribution in [0, 0.1) is 0 Å². The average Bonchev–Trinajstić information content (AvgIpc) is 2.60. The number of hydrogen-bond acceptors (Lipinski definition) is 3. The molecule has 1 rings (SSSR count). The summed E-state index contributed by atoms with van der Waals surface area (Å²) in [6.45, 7) is 8.85. The van der Waals surface area contributed by atoms with E-state index in [4.69, 9.17) is 16.3 Å². The monoisotopic (exact) mass is 432 g/mol. The lowest BCUT2D eigenvalue weighted by molar-refractivity contribution is 0.295. The molecule has 0 bridgehead atoms. The molecule has 1 aromatic carbocycles. The number of ether oxygens (including phenoxy) is 1. The van der Waals surface area contributed by atoms with Crippen LogP contribution in [0.2, 0.25) is 5.02 Å². The maximum Gasteiger partial charge on any atom is 0.298 e. The Balaban J connectivity index is 2.93. The first kappa shape index (κ1) is 25.3. The molecule has 0 aliphatic carbocycles. The molecule has 0 aliphatic heterocycles. The summed E-state index contributed by atoms with van der Waals surface area (Å²) >= 11 is 6.39. The molecule has 1 N–H and O–H groups in total. The van der Waals surface area contributed by atoms with Crippen molar-refractivity contribution in [1.29, 1.82) is 0 Å². The van der Waals surface area contributed by atoms with E-state index in [1.807, 2.05) is 0 Å². The number of rotatable bonds is 14. The van der Waals surface area contributed by atoms with Crippen LogP contribution in [0.5, 0.6) is 5.75 Å². The van der Waals surface area contributed by atoms with Crippen LogP contribution >= 0.6 is 11.6 Å². The molecule has 4 nitrogen and oxygen atoms in total. The van der Waals surface area contributed by atoms with Crippen LogP contribution in [0.3, 0.4) is 0 Å². The Kier molecular flexibility index (Phi) is 10.9. The van der Waals surface area contributed by atoms with E-state index in [1.54, 1.807) is 6.07 Å². The summed E-state index contributed by atoms with van der Waals surface area (Å²) in [5, 5.41) is 0.236. The maximum atomic E-state index is 12.0. The van der Waals surface area contributed by atoms with Crippen molar-refractivity contribution in [3.05, 3.63) is 22.7 Å². The van der Waals surface area contributed by atoms with Gasteiger partial charge in [0.25, 0.3) is 10.1 Å². The number of hydrogen-bond donors (Lipinski definition) is 1. The molecule has 0 saturated carbocycles. The van der Waals surface area contributed by atoms with Crippen LogP contribution in [0.1, 0.15) is 97.5 Å². The minimum atomic E-state index is -4.43. The molecule has 0 fully saturated rings. The fourth-order valence-electron chi connectivity index (χ4n) is 3.31. The minimum absolute atomic E-state index is 0.0610. The smallest absolute Gasteiger partial charge is 0.298 e. The van der Waals surface area contributed by atoms with Gasteiger partial charge in [-0.15, -0.1) is 0 Å². The van der Waals surface area contributed by atoms with Gasteiger partial charge in [0.15, 0.2) is 5.75 Å². The van der Waals surface area contributed by atoms with E-state index >= 15 is 0 Å². The van der Waals surface area contributed by atoms with Crippen molar-refractivity contribution in [2.45, 2.75) is 102 Å². The minimum Gasteiger partial charge on any atom is -0.491 e. The standard InChI is InChI=1S/C22H37ClO4S/c1-5-7-9-10-11-13-15-27-21-19(23)16-18(17-20(21)28(24,25)26)22(3,4)14-12-8-6-2/h16-17H,5-15H2,1-4H3,(H,24,25,26). The zero-order valence-corrected chi connectivity index (χ0v) is 19.5. The molecule has 0 heterocycles. The van der Waals surface area contributed by atoms with Gasteiger partial charge in [0.2, 0.25) is 0 Å². The highest BCUT2D eigenvalue weighted by molar-refractivity contribution is 7.86. The van der Waals surface area contributed by atoms with E-state index in [-0.39, 0.29) is 21.1 Å². The first-order valence-corrected chi connectivity index (χ1v) is 12.4. The van der Waals surface area contributed by atoms with E-state index in [0.29, 0.717) is 6.61 Å². The van der Waals surface area contributed by atoms with Crippen LogP contribution in [0.25, 0.3) is 0 Å². The predicted octanol–water partition coefficient (Wildman–Crippen LogP) is 7.18. The lowest BCUT2D eigenvalue weighted by Crippen LogP contribution is -2.18. The molecule has 1 aromatic rings. The first-order valence-electron chi connectivity index (χ1n) is 10.6. The Morgan fingerprint density at radius 1 is 0.964 bits per heavy atom. The van der Waals surface area contributed by atoms with E-state index in [0.717, 1.165) is 50.5 Å². The molecule has 0 amide bonds. The van der Waals surface area contributed by atoms with Crippen molar-refractivity contribution < 1.29 is 17.7 Å². The van der Waals surface area contributed by atoms with Gasteiger partial charge in [0, 0.05) is 0 Å². The Morgan fingerprint density at radius 3 is 2.14 bits per heavy atom. The van der Waals surface area contributed by atoms with E-state index in [9.17, 15) is 13.0 Å². The molecule has 0 spiro atoms. The Labute approximate surface area is 176 Å². The zero-order valence-electron chi connectivity index (χ0n) is 17.9. The summed E-state index contributed by atoms with van der Waals surface area (Å²) in [6, 6.07) is 3.29. The summed E-state index contributed by atoms with van der Waals surface area (Å²) in [6.07, 6.45) is 10.9. The van der Waals surface area contributed by atoms with Gasteiger partial charge in [-0.1, -0.05) is 90.7 Å². The molecule has 28 heavy (non-hydrogen) atoms. The molecule has 0 aliphatic rings. The predicted molar refractivity (Wildman–Crippen MR) is 117 cm³/mol. The lowest BCUT2D eigenvalue weighted by atomic mass is 9.80. The van der Waals surface area contributed by atoms with Crippen LogP contribution in [-0.4, -0.2) is 19.6 Å². The molecule has 162 valence electrons. The number of unbranched alkanes of at least 4 members (excludes halogenated alkanes) is 7. The quantitative estimate of drug-likeness (QED) is 0.249. The van der Waals surface area contributed by atoms with Gasteiger partial charge in [0.05, 0.1) is 11.6 Å². The van der Waals surface area contributed by atoms with Gasteiger partial charge in [-0.25, -0.2) is 0 Å². The van der Waals surface area contributed by atoms with Gasteiger partial charge in [-0.3, -0.25) is 4.55 Å². The zero-order chi connectivity index (χ0) is 21.2. The highest BCUT2D eigenvalue weighted by Crippen LogP contribution is 2.39. The van der Waals surface area contributed by atoms with Crippen molar-refractivity contribution in [3.63, 3.8) is 0 Å². The summed E-state index contributed by atoms with van der Waals surface area (Å²) < 4.78 is 39.4. The molecule has 0 atom stereocenters. The van der Waals surface area contributed by atoms with Crippen LogP contribution < -0.4 is 4.74 Å². The van der Waals surface area contributed by atoms with Crippen molar-refractivity contribution in [2.75, 3.05) is 6.61 Å². The van der Waals surface area contributed by atoms with Gasteiger partial charge < -0.3 is 4.74 Å². The van der Waals surface area contributed by atoms with E-state index in [1.165, 1.54) is 25.3 Å². The van der Waals surface area contributed by atoms with Crippen molar-refractivity contribution in [1.82, 2.24) is 0 Å². The SMILES string of the molecule is CCCCCCCCOc1c(Cl)cc(C(C)(C)CCCCC)cc1S(=O)(=O)O. The third kappa shape index (κ3) is 8.30. The molecule has 0 radical (unpaired) electrons. The van der Waals surface area contributed by atoms with Crippen molar-refractivity contribution in [2.24, 2.45) is 0 Å². The Bertz CT molecular complexity index is 699. The molecular formula is C22H37ClO4S. The lowest BCUT2D eigenvalue weighted by Gasteiger charge is -2.27. The third-order valence-corrected chi connectivity index (χ3v) is 6.36. The molecular weight excluding hydrogens is 396 g/mol. The first-order chi connectivity index (χ1) is 13.1. The summed E-state index contributed by atoms with van der Waals surface area (Å²) in [5.74, 6) is 0.0610. The summed E-state index contributed by atoms with van der Waals surface area (Å²) in [7, 11) is -4.43. The van der Waals surface area contributed by atoms with E-state index in [2.05, 4.69) is 27.7 Å². The Hall–Kier alpha value is -0.780. The van der Waals surface area contributed by atoms with Crippen LogP contribution in [0.4, 0.5) is 0 Å². The van der Waals surface area contributed by atoms with Crippen LogP contribution in [-0.2, 0) is 15.5 Å². The number of halogens is 1. The fourth-order valence-corrected chi connectivity index (χ4v) is 4.32. The second-order valence-electron chi connectivity index (χ2n) is 8.22. The largest absolute Gasteiger partial charge is 0.491 e. The highest BCUT2D eigenvalue weighted by atomic mass is 35.5. The Morgan fingerprint density at radius 2 is 1.54 bits per heavy atom. The molecule has 0 saturated heterocycles. The normalized spacial score (nSPS) is 12.4.